The van der Waals surface area contributed by atoms with Crippen molar-refractivity contribution in [1.29, 1.82) is 0 Å². The fraction of sp³-hybridized carbons (Fsp3) is 0.556. The zero-order chi connectivity index (χ0) is 16.6. The molecule has 4 atom stereocenters. The van der Waals surface area contributed by atoms with Gasteiger partial charge in [0.15, 0.2) is 0 Å². The Bertz CT molecular complexity index is 618. The Kier molecular flexibility index (Phi) is 4.37. The van der Waals surface area contributed by atoms with Crippen LogP contribution in [0.5, 0.6) is 0 Å². The molecule has 1 heterocycles. The Hall–Kier alpha value is -1.91. The second-order valence-electron chi connectivity index (χ2n) is 6.83. The van der Waals surface area contributed by atoms with Crippen LogP contribution in [0.25, 0.3) is 0 Å². The van der Waals surface area contributed by atoms with E-state index >= 15 is 0 Å². The average Bonchev–Trinajstić information content (AvgIpc) is 3.08. The van der Waals surface area contributed by atoms with Crippen LogP contribution in [-0.4, -0.2) is 34.5 Å². The van der Waals surface area contributed by atoms with Crippen LogP contribution < -0.4 is 0 Å². The topological polar surface area (TPSA) is 57.6 Å². The van der Waals surface area contributed by atoms with Gasteiger partial charge in [-0.1, -0.05) is 31.5 Å². The average molecular weight is 319 g/mol. The van der Waals surface area contributed by atoms with Gasteiger partial charge in [0.1, 0.15) is 11.9 Å². The molecule has 1 aliphatic carbocycles. The van der Waals surface area contributed by atoms with E-state index in [-0.39, 0.29) is 17.6 Å². The molecule has 1 amide bonds. The summed E-state index contributed by atoms with van der Waals surface area (Å²) >= 11 is 0. The van der Waals surface area contributed by atoms with Gasteiger partial charge in [0.2, 0.25) is 5.91 Å². The molecule has 1 aromatic carbocycles. The molecule has 124 valence electrons. The van der Waals surface area contributed by atoms with Crippen molar-refractivity contribution in [3.05, 3.63) is 35.6 Å². The number of carbonyl (C=O) groups excluding carboxylic acids is 1. The fourth-order valence-corrected chi connectivity index (χ4v) is 4.21. The maximum atomic E-state index is 13.8. The summed E-state index contributed by atoms with van der Waals surface area (Å²) in [4.78, 5) is 25.9. The van der Waals surface area contributed by atoms with Gasteiger partial charge in [0.25, 0.3) is 0 Å². The Balaban J connectivity index is 1.74. The fourth-order valence-electron chi connectivity index (χ4n) is 4.21. The van der Waals surface area contributed by atoms with Gasteiger partial charge < -0.3 is 10.0 Å². The van der Waals surface area contributed by atoms with Crippen molar-refractivity contribution in [1.82, 2.24) is 4.90 Å². The van der Waals surface area contributed by atoms with E-state index in [1.54, 1.807) is 25.1 Å². The van der Waals surface area contributed by atoms with E-state index in [0.717, 1.165) is 19.3 Å². The smallest absolute Gasteiger partial charge is 0.326 e. The molecule has 1 N–H and O–H groups in total. The molecule has 0 bridgehead atoms. The van der Waals surface area contributed by atoms with Crippen molar-refractivity contribution in [2.24, 2.45) is 17.8 Å². The standard InChI is InChI=1S/C18H22FNO3/c1-11(9-12-5-2-3-8-15(12)19)17(21)20-10-13-6-4-7-14(13)16(20)18(22)23/h2-3,5,8,11,13-14,16H,4,6-7,9-10H2,1H3,(H,22,23). The van der Waals surface area contributed by atoms with E-state index in [0.29, 0.717) is 24.4 Å². The quantitative estimate of drug-likeness (QED) is 0.928. The number of amides is 1. The van der Waals surface area contributed by atoms with Crippen molar-refractivity contribution >= 4 is 11.9 Å². The Morgan fingerprint density at radius 1 is 1.35 bits per heavy atom. The molecule has 23 heavy (non-hydrogen) atoms. The number of fused-ring (bicyclic) bond motifs is 1. The van der Waals surface area contributed by atoms with Crippen LogP contribution in [-0.2, 0) is 16.0 Å². The molecule has 1 aromatic rings. The highest BCUT2D eigenvalue weighted by atomic mass is 19.1. The molecular weight excluding hydrogens is 297 g/mol. The minimum Gasteiger partial charge on any atom is -0.480 e. The summed E-state index contributed by atoms with van der Waals surface area (Å²) in [5, 5.41) is 9.54. The number of nitrogens with zero attached hydrogens (tertiary/aromatic N) is 1. The van der Waals surface area contributed by atoms with Gasteiger partial charge in [-0.15, -0.1) is 0 Å². The molecule has 4 unspecified atom stereocenters. The van der Waals surface area contributed by atoms with E-state index in [9.17, 15) is 19.1 Å². The highest BCUT2D eigenvalue weighted by Gasteiger charge is 2.49. The third-order valence-corrected chi connectivity index (χ3v) is 5.33. The maximum absolute atomic E-state index is 13.8. The number of benzene rings is 1. The molecule has 1 saturated carbocycles. The molecule has 1 saturated heterocycles. The Labute approximate surface area is 135 Å². The van der Waals surface area contributed by atoms with Gasteiger partial charge in [0.05, 0.1) is 0 Å². The normalized spacial score (nSPS) is 27.7. The number of hydrogen-bond donors (Lipinski definition) is 1. The third-order valence-electron chi connectivity index (χ3n) is 5.33. The first-order valence-corrected chi connectivity index (χ1v) is 8.25. The van der Waals surface area contributed by atoms with Crippen molar-refractivity contribution in [3.8, 4) is 0 Å². The van der Waals surface area contributed by atoms with E-state index in [2.05, 4.69) is 0 Å². The molecule has 0 aromatic heterocycles. The molecule has 5 heteroatoms. The molecule has 0 spiro atoms. The predicted octanol–water partition coefficient (Wildman–Crippen LogP) is 2.72. The zero-order valence-corrected chi connectivity index (χ0v) is 13.2. The summed E-state index contributed by atoms with van der Waals surface area (Å²) in [5.41, 5.74) is 0.500. The Morgan fingerprint density at radius 3 is 2.78 bits per heavy atom. The van der Waals surface area contributed by atoms with E-state index in [1.165, 1.54) is 11.0 Å². The summed E-state index contributed by atoms with van der Waals surface area (Å²) in [7, 11) is 0. The first kappa shape index (κ1) is 16.0. The maximum Gasteiger partial charge on any atom is 0.326 e. The SMILES string of the molecule is CC(Cc1ccccc1F)C(=O)N1CC2CCCC2C1C(=O)O. The van der Waals surface area contributed by atoms with Gasteiger partial charge >= 0.3 is 5.97 Å². The second-order valence-corrected chi connectivity index (χ2v) is 6.83. The van der Waals surface area contributed by atoms with Crippen LogP contribution in [0, 0.1) is 23.6 Å². The summed E-state index contributed by atoms with van der Waals surface area (Å²) in [6, 6.07) is 5.71. The lowest BCUT2D eigenvalue weighted by Gasteiger charge is -2.27. The molecular formula is C18H22FNO3. The van der Waals surface area contributed by atoms with Crippen LogP contribution >= 0.6 is 0 Å². The van der Waals surface area contributed by atoms with Gasteiger partial charge in [0, 0.05) is 12.5 Å². The lowest BCUT2D eigenvalue weighted by molar-refractivity contribution is -0.151. The monoisotopic (exact) mass is 319 g/mol. The van der Waals surface area contributed by atoms with Crippen molar-refractivity contribution in [2.45, 2.75) is 38.6 Å². The number of aliphatic carboxylic acids is 1. The number of carbonyl (C=O) groups is 2. The number of halogens is 1. The van der Waals surface area contributed by atoms with Gasteiger partial charge in [-0.05, 0) is 42.7 Å². The first-order chi connectivity index (χ1) is 11.0. The molecule has 1 aliphatic heterocycles. The van der Waals surface area contributed by atoms with Crippen LogP contribution in [0.2, 0.25) is 0 Å². The first-order valence-electron chi connectivity index (χ1n) is 8.25. The van der Waals surface area contributed by atoms with Crippen molar-refractivity contribution in [3.63, 3.8) is 0 Å². The van der Waals surface area contributed by atoms with E-state index in [1.807, 2.05) is 0 Å². The van der Waals surface area contributed by atoms with Crippen LogP contribution in [0.4, 0.5) is 4.39 Å². The largest absolute Gasteiger partial charge is 0.480 e. The molecule has 2 aliphatic rings. The number of rotatable bonds is 4. The highest BCUT2D eigenvalue weighted by Crippen LogP contribution is 2.42. The van der Waals surface area contributed by atoms with Gasteiger partial charge in [-0.3, -0.25) is 4.79 Å². The number of carboxylic acid groups (broad SMARTS) is 1. The molecule has 3 rings (SSSR count). The summed E-state index contributed by atoms with van der Waals surface area (Å²) in [6.45, 7) is 2.28. The second kappa shape index (κ2) is 6.30. The lowest BCUT2D eigenvalue weighted by atomic mass is 9.94. The molecule has 4 nitrogen and oxygen atoms in total. The minimum absolute atomic E-state index is 0.0807. The van der Waals surface area contributed by atoms with E-state index < -0.39 is 17.9 Å². The van der Waals surface area contributed by atoms with Gasteiger partial charge in [-0.2, -0.15) is 0 Å². The van der Waals surface area contributed by atoms with Crippen molar-refractivity contribution < 1.29 is 19.1 Å². The lowest BCUT2D eigenvalue weighted by Crippen LogP contribution is -2.45. The predicted molar refractivity (Wildman–Crippen MR) is 83.2 cm³/mol. The van der Waals surface area contributed by atoms with Gasteiger partial charge in [-0.25, -0.2) is 9.18 Å². The van der Waals surface area contributed by atoms with E-state index in [4.69, 9.17) is 0 Å². The summed E-state index contributed by atoms with van der Waals surface area (Å²) in [6.07, 6.45) is 3.22. The number of carboxylic acids is 1. The zero-order valence-electron chi connectivity index (χ0n) is 13.2. The minimum atomic E-state index is -0.911. The molecule has 0 radical (unpaired) electrons. The number of hydrogen-bond acceptors (Lipinski definition) is 2. The Morgan fingerprint density at radius 2 is 2.09 bits per heavy atom. The van der Waals surface area contributed by atoms with Crippen LogP contribution in [0.15, 0.2) is 24.3 Å². The summed E-state index contributed by atoms with van der Waals surface area (Å²) in [5.74, 6) is -1.44. The summed E-state index contributed by atoms with van der Waals surface area (Å²) < 4.78 is 13.8. The third kappa shape index (κ3) is 2.96. The van der Waals surface area contributed by atoms with Crippen LogP contribution in [0.1, 0.15) is 31.7 Å². The molecule has 2 fully saturated rings. The highest BCUT2D eigenvalue weighted by molar-refractivity contribution is 5.86. The van der Waals surface area contributed by atoms with Crippen molar-refractivity contribution in [2.75, 3.05) is 6.54 Å². The number of likely N-dealkylation sites (tertiary alicyclic amines) is 1. The van der Waals surface area contributed by atoms with Crippen LogP contribution in [0.3, 0.4) is 0 Å².